The SMILES string of the molecule is COc1ccc2c(c1)OC(C)(C)CC2NC(=O)CSCc1c(F)cccc1Cl. The number of thioether (sulfide) groups is 1. The smallest absolute Gasteiger partial charge is 0.230 e. The monoisotopic (exact) mass is 423 g/mol. The molecule has 1 N–H and O–H groups in total. The summed E-state index contributed by atoms with van der Waals surface area (Å²) >= 11 is 7.37. The van der Waals surface area contributed by atoms with Gasteiger partial charge in [-0.15, -0.1) is 11.8 Å². The Kier molecular flexibility index (Phi) is 6.40. The maximum absolute atomic E-state index is 13.8. The Labute approximate surface area is 173 Å². The molecule has 1 heterocycles. The molecule has 0 fully saturated rings. The van der Waals surface area contributed by atoms with Crippen molar-refractivity contribution in [2.45, 2.75) is 37.7 Å². The summed E-state index contributed by atoms with van der Waals surface area (Å²) in [6.45, 7) is 3.98. The van der Waals surface area contributed by atoms with Crippen LogP contribution in [0, 0.1) is 5.82 Å². The van der Waals surface area contributed by atoms with Crippen molar-refractivity contribution >= 4 is 29.3 Å². The number of carbonyl (C=O) groups excluding carboxylic acids is 1. The Morgan fingerprint density at radius 3 is 2.89 bits per heavy atom. The Balaban J connectivity index is 1.64. The lowest BCUT2D eigenvalue weighted by Crippen LogP contribution is -2.41. The predicted molar refractivity (Wildman–Crippen MR) is 111 cm³/mol. The van der Waals surface area contributed by atoms with E-state index in [-0.39, 0.29) is 23.5 Å². The molecule has 0 bridgehead atoms. The molecule has 28 heavy (non-hydrogen) atoms. The van der Waals surface area contributed by atoms with Crippen LogP contribution in [0.2, 0.25) is 5.02 Å². The second-order valence-electron chi connectivity index (χ2n) is 7.28. The highest BCUT2D eigenvalue weighted by molar-refractivity contribution is 7.99. The first-order valence-corrected chi connectivity index (χ1v) is 10.5. The third-order valence-electron chi connectivity index (χ3n) is 4.55. The van der Waals surface area contributed by atoms with Gasteiger partial charge in [-0.1, -0.05) is 17.7 Å². The van der Waals surface area contributed by atoms with Crippen LogP contribution in [-0.2, 0) is 10.5 Å². The Bertz CT molecular complexity index is 854. The molecule has 1 unspecified atom stereocenters. The number of amides is 1. The molecule has 7 heteroatoms. The normalized spacial score (nSPS) is 17.4. The van der Waals surface area contributed by atoms with E-state index >= 15 is 0 Å². The van der Waals surface area contributed by atoms with Crippen molar-refractivity contribution in [2.24, 2.45) is 0 Å². The topological polar surface area (TPSA) is 47.6 Å². The number of methoxy groups -OCH3 is 1. The van der Waals surface area contributed by atoms with Gasteiger partial charge < -0.3 is 14.8 Å². The molecule has 0 aromatic heterocycles. The van der Waals surface area contributed by atoms with Crippen molar-refractivity contribution in [2.75, 3.05) is 12.9 Å². The van der Waals surface area contributed by atoms with Crippen LogP contribution >= 0.6 is 23.4 Å². The highest BCUT2D eigenvalue weighted by Gasteiger charge is 2.34. The van der Waals surface area contributed by atoms with E-state index in [4.69, 9.17) is 21.1 Å². The van der Waals surface area contributed by atoms with E-state index in [9.17, 15) is 9.18 Å². The van der Waals surface area contributed by atoms with Gasteiger partial charge in [-0.2, -0.15) is 0 Å². The number of ether oxygens (including phenoxy) is 2. The van der Waals surface area contributed by atoms with Crippen molar-refractivity contribution in [3.63, 3.8) is 0 Å². The molecule has 1 aliphatic rings. The Morgan fingerprint density at radius 1 is 1.39 bits per heavy atom. The standard InChI is InChI=1S/C21H23ClFNO3S/c1-21(2)10-18(14-8-7-13(26-3)9-19(14)27-21)24-20(25)12-28-11-15-16(22)5-4-6-17(15)23/h4-9,18H,10-12H2,1-3H3,(H,24,25). The number of fused-ring (bicyclic) bond motifs is 1. The van der Waals surface area contributed by atoms with Gasteiger partial charge in [0.2, 0.25) is 5.91 Å². The zero-order chi connectivity index (χ0) is 20.3. The molecule has 0 aliphatic carbocycles. The average molecular weight is 424 g/mol. The summed E-state index contributed by atoms with van der Waals surface area (Å²) in [5.74, 6) is 1.52. The maximum atomic E-state index is 13.8. The second kappa shape index (κ2) is 8.62. The first kappa shape index (κ1) is 20.8. The molecular formula is C21H23ClFNO3S. The molecule has 0 spiro atoms. The molecular weight excluding hydrogens is 401 g/mol. The summed E-state index contributed by atoms with van der Waals surface area (Å²) in [6.07, 6.45) is 0.655. The summed E-state index contributed by atoms with van der Waals surface area (Å²) in [5.41, 5.74) is 0.938. The minimum Gasteiger partial charge on any atom is -0.497 e. The zero-order valence-electron chi connectivity index (χ0n) is 16.1. The summed E-state index contributed by atoms with van der Waals surface area (Å²) in [5, 5.41) is 3.45. The molecule has 1 atom stereocenters. The van der Waals surface area contributed by atoms with E-state index in [1.54, 1.807) is 19.2 Å². The quantitative estimate of drug-likeness (QED) is 0.698. The fraction of sp³-hybridized carbons (Fsp3) is 0.381. The number of hydrogen-bond donors (Lipinski definition) is 1. The van der Waals surface area contributed by atoms with Crippen molar-refractivity contribution < 1.29 is 18.7 Å². The van der Waals surface area contributed by atoms with E-state index in [2.05, 4.69) is 5.32 Å². The van der Waals surface area contributed by atoms with Crippen LogP contribution in [0.1, 0.15) is 37.4 Å². The second-order valence-corrected chi connectivity index (χ2v) is 8.68. The van der Waals surface area contributed by atoms with Gasteiger partial charge in [0.05, 0.1) is 18.9 Å². The number of nitrogens with one attached hydrogen (secondary N) is 1. The number of halogens is 2. The number of rotatable bonds is 6. The van der Waals surface area contributed by atoms with Crippen LogP contribution in [0.15, 0.2) is 36.4 Å². The van der Waals surface area contributed by atoms with Crippen molar-refractivity contribution in [1.82, 2.24) is 5.32 Å². The lowest BCUT2D eigenvalue weighted by molar-refractivity contribution is -0.119. The molecule has 1 aliphatic heterocycles. The van der Waals surface area contributed by atoms with Crippen LogP contribution in [0.3, 0.4) is 0 Å². The van der Waals surface area contributed by atoms with Crippen LogP contribution in [0.5, 0.6) is 11.5 Å². The van der Waals surface area contributed by atoms with E-state index in [0.717, 1.165) is 5.56 Å². The summed E-state index contributed by atoms with van der Waals surface area (Å²) in [4.78, 5) is 12.5. The average Bonchev–Trinajstić information content (AvgIpc) is 2.62. The number of hydrogen-bond acceptors (Lipinski definition) is 4. The third kappa shape index (κ3) is 4.92. The fourth-order valence-corrected chi connectivity index (χ4v) is 4.42. The number of benzene rings is 2. The summed E-state index contributed by atoms with van der Waals surface area (Å²) < 4.78 is 25.2. The van der Waals surface area contributed by atoms with Crippen LogP contribution in [0.25, 0.3) is 0 Å². The zero-order valence-corrected chi connectivity index (χ0v) is 17.6. The van der Waals surface area contributed by atoms with Gasteiger partial charge in [0, 0.05) is 34.4 Å². The molecule has 0 radical (unpaired) electrons. The van der Waals surface area contributed by atoms with Crippen molar-refractivity contribution in [3.8, 4) is 11.5 Å². The molecule has 150 valence electrons. The Morgan fingerprint density at radius 2 is 2.18 bits per heavy atom. The van der Waals surface area contributed by atoms with E-state index in [0.29, 0.717) is 34.3 Å². The highest BCUT2D eigenvalue weighted by Crippen LogP contribution is 2.41. The number of carbonyl (C=O) groups is 1. The van der Waals surface area contributed by atoms with E-state index < -0.39 is 5.60 Å². The Hall–Kier alpha value is -1.92. The van der Waals surface area contributed by atoms with E-state index in [1.807, 2.05) is 32.0 Å². The van der Waals surface area contributed by atoms with Crippen molar-refractivity contribution in [3.05, 3.63) is 58.4 Å². The van der Waals surface area contributed by atoms with Crippen LogP contribution in [0.4, 0.5) is 4.39 Å². The van der Waals surface area contributed by atoms with Gasteiger partial charge in [0.25, 0.3) is 0 Å². The minimum absolute atomic E-state index is 0.109. The van der Waals surface area contributed by atoms with Gasteiger partial charge in [-0.05, 0) is 38.1 Å². The fourth-order valence-electron chi connectivity index (χ4n) is 3.24. The largest absolute Gasteiger partial charge is 0.497 e. The first-order valence-electron chi connectivity index (χ1n) is 8.96. The minimum atomic E-state index is -0.412. The lowest BCUT2D eigenvalue weighted by Gasteiger charge is -2.38. The lowest BCUT2D eigenvalue weighted by atomic mass is 9.89. The molecule has 4 nitrogen and oxygen atoms in total. The highest BCUT2D eigenvalue weighted by atomic mass is 35.5. The van der Waals surface area contributed by atoms with Gasteiger partial charge in [0.1, 0.15) is 22.9 Å². The van der Waals surface area contributed by atoms with Crippen LogP contribution in [-0.4, -0.2) is 24.4 Å². The summed E-state index contributed by atoms with van der Waals surface area (Å²) in [7, 11) is 1.61. The first-order chi connectivity index (χ1) is 13.3. The van der Waals surface area contributed by atoms with Crippen LogP contribution < -0.4 is 14.8 Å². The molecule has 2 aromatic carbocycles. The maximum Gasteiger partial charge on any atom is 0.230 e. The van der Waals surface area contributed by atoms with Crippen molar-refractivity contribution in [1.29, 1.82) is 0 Å². The van der Waals surface area contributed by atoms with Gasteiger partial charge >= 0.3 is 0 Å². The van der Waals surface area contributed by atoms with Gasteiger partial charge in [0.15, 0.2) is 0 Å². The molecule has 0 saturated heterocycles. The molecule has 2 aromatic rings. The third-order valence-corrected chi connectivity index (χ3v) is 5.87. The van der Waals surface area contributed by atoms with Gasteiger partial charge in [-0.25, -0.2) is 4.39 Å². The summed E-state index contributed by atoms with van der Waals surface area (Å²) in [6, 6.07) is 10.0. The predicted octanol–water partition coefficient (Wildman–Crippen LogP) is 5.14. The molecule has 0 saturated carbocycles. The van der Waals surface area contributed by atoms with E-state index in [1.165, 1.54) is 17.8 Å². The van der Waals surface area contributed by atoms with Gasteiger partial charge in [-0.3, -0.25) is 4.79 Å². The molecule has 1 amide bonds. The molecule has 3 rings (SSSR count).